The van der Waals surface area contributed by atoms with Crippen LogP contribution >= 0.6 is 11.6 Å². The lowest BCUT2D eigenvalue weighted by Crippen LogP contribution is -2.11. The van der Waals surface area contributed by atoms with E-state index in [1.165, 1.54) is 19.0 Å². The quantitative estimate of drug-likeness (QED) is 0.258. The van der Waals surface area contributed by atoms with Gasteiger partial charge < -0.3 is 9.64 Å². The van der Waals surface area contributed by atoms with E-state index < -0.39 is 36.5 Å². The molecule has 1 aromatic rings. The molecule has 1 aromatic carbocycles. The normalized spacial score (nSPS) is 11.5. The van der Waals surface area contributed by atoms with Crippen molar-refractivity contribution in [1.29, 1.82) is 0 Å². The molecule has 9 nitrogen and oxygen atoms in total. The molecule has 0 aliphatic carbocycles. The Morgan fingerprint density at radius 3 is 2.50 bits per heavy atom. The second kappa shape index (κ2) is 6.71. The van der Waals surface area contributed by atoms with Gasteiger partial charge >= 0.3 is 5.97 Å². The largest absolute Gasteiger partial charge is 0.465 e. The van der Waals surface area contributed by atoms with Crippen LogP contribution in [0.1, 0.15) is 10.4 Å². The molecular formula is C11H12ClN3O6S. The average molecular weight is 350 g/mol. The van der Waals surface area contributed by atoms with E-state index in [9.17, 15) is 23.3 Å². The number of benzene rings is 1. The average Bonchev–Trinajstić information content (AvgIpc) is 2.44. The molecule has 0 saturated heterocycles. The third-order valence-corrected chi connectivity index (χ3v) is 4.09. The smallest absolute Gasteiger partial charge is 0.338 e. The van der Waals surface area contributed by atoms with E-state index in [2.05, 4.69) is 9.13 Å². The van der Waals surface area contributed by atoms with Crippen LogP contribution in [0, 0.1) is 10.1 Å². The summed E-state index contributed by atoms with van der Waals surface area (Å²) in [5, 5.41) is 10.3. The molecule has 120 valence electrons. The van der Waals surface area contributed by atoms with Crippen molar-refractivity contribution in [2.75, 3.05) is 21.2 Å². The summed E-state index contributed by atoms with van der Waals surface area (Å²) in [7, 11) is -0.195. The molecule has 0 bridgehead atoms. The minimum absolute atomic E-state index is 0.322. The van der Waals surface area contributed by atoms with Gasteiger partial charge in [0.05, 0.1) is 17.6 Å². The van der Waals surface area contributed by atoms with Gasteiger partial charge in [0.25, 0.3) is 15.7 Å². The summed E-state index contributed by atoms with van der Waals surface area (Å²) in [6.45, 7) is 0. The zero-order chi connectivity index (χ0) is 17.1. The Bertz CT molecular complexity index is 744. The molecule has 11 heteroatoms. The van der Waals surface area contributed by atoms with Crippen molar-refractivity contribution in [3.63, 3.8) is 0 Å². The van der Waals surface area contributed by atoms with Crippen LogP contribution in [0.4, 0.5) is 5.69 Å². The highest BCUT2D eigenvalue weighted by atomic mass is 35.5. The zero-order valence-corrected chi connectivity index (χ0v) is 13.4. The van der Waals surface area contributed by atoms with Crippen molar-refractivity contribution in [2.24, 2.45) is 4.40 Å². The van der Waals surface area contributed by atoms with Crippen molar-refractivity contribution < 1.29 is 22.9 Å². The molecule has 0 aliphatic heterocycles. The van der Waals surface area contributed by atoms with Crippen LogP contribution in [0.2, 0.25) is 5.02 Å². The van der Waals surface area contributed by atoms with E-state index in [1.54, 1.807) is 0 Å². The lowest BCUT2D eigenvalue weighted by Gasteiger charge is -2.07. The maximum absolute atomic E-state index is 12.1. The Balaban J connectivity index is 3.62. The molecule has 0 N–H and O–H groups in total. The summed E-state index contributed by atoms with van der Waals surface area (Å²) in [6, 6.07) is 1.71. The van der Waals surface area contributed by atoms with E-state index in [0.29, 0.717) is 0 Å². The van der Waals surface area contributed by atoms with Gasteiger partial charge in [-0.25, -0.2) is 4.79 Å². The molecule has 0 atom stereocenters. The summed E-state index contributed by atoms with van der Waals surface area (Å²) in [6.07, 6.45) is 0.988. The SMILES string of the molecule is COC(=O)c1cc([N+](=O)[O-])c(Cl)c(S(=O)(=O)N=CN(C)C)c1. The van der Waals surface area contributed by atoms with Gasteiger partial charge in [0.15, 0.2) is 0 Å². The van der Waals surface area contributed by atoms with Gasteiger partial charge in [-0.3, -0.25) is 10.1 Å². The molecule has 0 saturated carbocycles. The Morgan fingerprint density at radius 1 is 1.45 bits per heavy atom. The van der Waals surface area contributed by atoms with Crippen molar-refractivity contribution in [1.82, 2.24) is 4.90 Å². The number of halogens is 1. The lowest BCUT2D eigenvalue weighted by atomic mass is 10.2. The minimum Gasteiger partial charge on any atom is -0.465 e. The van der Waals surface area contributed by atoms with Gasteiger partial charge in [0, 0.05) is 20.2 Å². The van der Waals surface area contributed by atoms with Gasteiger partial charge in [0.2, 0.25) is 0 Å². The number of rotatable bonds is 5. The third-order valence-electron chi connectivity index (χ3n) is 2.33. The highest BCUT2D eigenvalue weighted by Crippen LogP contribution is 2.33. The molecule has 0 heterocycles. The zero-order valence-electron chi connectivity index (χ0n) is 11.8. The number of nitro groups is 1. The van der Waals surface area contributed by atoms with E-state index in [0.717, 1.165) is 25.6 Å². The highest BCUT2D eigenvalue weighted by Gasteiger charge is 2.27. The molecule has 0 fully saturated rings. The Hall–Kier alpha value is -2.20. The summed E-state index contributed by atoms with van der Waals surface area (Å²) >= 11 is 5.76. The topological polar surface area (TPSA) is 119 Å². The lowest BCUT2D eigenvalue weighted by molar-refractivity contribution is -0.384. The third kappa shape index (κ3) is 3.92. The van der Waals surface area contributed by atoms with Crippen LogP contribution in [0.5, 0.6) is 0 Å². The molecule has 1 rings (SSSR count). The first-order chi connectivity index (χ1) is 10.1. The van der Waals surface area contributed by atoms with E-state index in [4.69, 9.17) is 11.6 Å². The van der Waals surface area contributed by atoms with Crippen LogP contribution in [-0.2, 0) is 14.8 Å². The fourth-order valence-corrected chi connectivity index (χ4v) is 2.86. The summed E-state index contributed by atoms with van der Waals surface area (Å²) in [5.74, 6) is -0.937. The first kappa shape index (κ1) is 17.9. The van der Waals surface area contributed by atoms with Gasteiger partial charge in [-0.15, -0.1) is 4.40 Å². The Morgan fingerprint density at radius 2 is 2.05 bits per heavy atom. The Kier molecular flexibility index (Phi) is 5.44. The predicted octanol–water partition coefficient (Wildman–Crippen LogP) is 1.31. The molecule has 0 spiro atoms. The molecule has 0 radical (unpaired) electrons. The molecule has 0 amide bonds. The standard InChI is InChI=1S/C11H12ClN3O6S/c1-14(2)6-13-22(19,20)9-5-7(11(16)21-3)4-8(10(9)12)15(17)18/h4-6H,1-3H3. The number of hydrogen-bond acceptors (Lipinski definition) is 6. The highest BCUT2D eigenvalue weighted by molar-refractivity contribution is 7.90. The number of ether oxygens (including phenoxy) is 1. The number of hydrogen-bond donors (Lipinski definition) is 0. The van der Waals surface area contributed by atoms with Crippen molar-refractivity contribution in [2.45, 2.75) is 4.90 Å². The van der Waals surface area contributed by atoms with Crippen LogP contribution < -0.4 is 0 Å². The first-order valence-electron chi connectivity index (χ1n) is 5.63. The second-order valence-corrected chi connectivity index (χ2v) is 6.19. The first-order valence-corrected chi connectivity index (χ1v) is 7.45. The molecule has 22 heavy (non-hydrogen) atoms. The predicted molar refractivity (Wildman–Crippen MR) is 78.8 cm³/mol. The van der Waals surface area contributed by atoms with Gasteiger partial charge in [-0.05, 0) is 6.07 Å². The molecule has 0 aliphatic rings. The summed E-state index contributed by atoms with van der Waals surface area (Å²) < 4.78 is 32.0. The monoisotopic (exact) mass is 349 g/mol. The fraction of sp³-hybridized carbons (Fsp3) is 0.273. The van der Waals surface area contributed by atoms with Crippen LogP contribution in [0.15, 0.2) is 21.4 Å². The molecular weight excluding hydrogens is 338 g/mol. The summed E-state index contributed by atoms with van der Waals surface area (Å²) in [5.41, 5.74) is -1.06. The van der Waals surface area contributed by atoms with Gasteiger partial charge in [-0.2, -0.15) is 8.42 Å². The maximum atomic E-state index is 12.1. The van der Waals surface area contributed by atoms with Crippen molar-refractivity contribution in [3.05, 3.63) is 32.8 Å². The van der Waals surface area contributed by atoms with E-state index >= 15 is 0 Å². The number of nitro benzene ring substituents is 1. The number of sulfonamides is 1. The van der Waals surface area contributed by atoms with E-state index in [-0.39, 0.29) is 5.56 Å². The number of nitrogens with zero attached hydrogens (tertiary/aromatic N) is 3. The van der Waals surface area contributed by atoms with Crippen molar-refractivity contribution >= 4 is 39.6 Å². The van der Waals surface area contributed by atoms with Crippen LogP contribution in [0.3, 0.4) is 0 Å². The second-order valence-electron chi connectivity index (χ2n) is 4.22. The number of carbonyl (C=O) groups excluding carboxylic acids is 1. The van der Waals surface area contributed by atoms with Gasteiger partial charge in [-0.1, -0.05) is 11.6 Å². The van der Waals surface area contributed by atoms with E-state index in [1.807, 2.05) is 0 Å². The van der Waals surface area contributed by atoms with Crippen molar-refractivity contribution in [3.8, 4) is 0 Å². The van der Waals surface area contributed by atoms with Gasteiger partial charge in [0.1, 0.15) is 16.3 Å². The Labute approximate surface area is 131 Å². The minimum atomic E-state index is -4.32. The van der Waals surface area contributed by atoms with Crippen LogP contribution in [-0.4, -0.2) is 51.8 Å². The maximum Gasteiger partial charge on any atom is 0.338 e. The number of esters is 1. The van der Waals surface area contributed by atoms with Crippen LogP contribution in [0.25, 0.3) is 0 Å². The number of methoxy groups -OCH3 is 1. The molecule has 0 aromatic heterocycles. The number of carbonyl (C=O) groups is 1. The fourth-order valence-electron chi connectivity index (χ4n) is 1.35. The summed E-state index contributed by atoms with van der Waals surface area (Å²) in [4.78, 5) is 22.3. The molecule has 0 unspecified atom stereocenters.